The molecule has 1 saturated heterocycles. The Hall–Kier alpha value is -2.10. The molecule has 1 aliphatic rings. The van der Waals surface area contributed by atoms with Gasteiger partial charge in [-0.15, -0.1) is 0 Å². The number of amides is 1. The number of carbonyl (C=O) groups is 1. The SMILES string of the molecule is CCOc1cc(/C=C2\SC(=S)N(C)C2=O)cc(I)c1OCc1cccc2ccccc12. The molecule has 1 fully saturated rings. The quantitative estimate of drug-likeness (QED) is 0.202. The summed E-state index contributed by atoms with van der Waals surface area (Å²) >= 11 is 8.78. The molecule has 0 bridgehead atoms. The van der Waals surface area contributed by atoms with E-state index in [0.717, 1.165) is 14.7 Å². The first-order chi connectivity index (χ1) is 15.0. The van der Waals surface area contributed by atoms with Crippen molar-refractivity contribution in [2.45, 2.75) is 13.5 Å². The number of thiocarbonyl (C=S) groups is 1. The molecule has 0 aromatic heterocycles. The van der Waals surface area contributed by atoms with E-state index in [2.05, 4.69) is 46.9 Å². The second kappa shape index (κ2) is 9.58. The lowest BCUT2D eigenvalue weighted by Crippen LogP contribution is -2.22. The van der Waals surface area contributed by atoms with Gasteiger partial charge in [-0.3, -0.25) is 9.69 Å². The number of benzene rings is 3. The van der Waals surface area contributed by atoms with E-state index in [9.17, 15) is 4.79 Å². The number of rotatable bonds is 6. The van der Waals surface area contributed by atoms with Crippen LogP contribution in [0.2, 0.25) is 0 Å². The predicted octanol–water partition coefficient (Wildman–Crippen LogP) is 6.25. The Morgan fingerprint density at radius 1 is 1.13 bits per heavy atom. The molecule has 31 heavy (non-hydrogen) atoms. The molecule has 4 rings (SSSR count). The van der Waals surface area contributed by atoms with Crippen LogP contribution in [-0.2, 0) is 11.4 Å². The van der Waals surface area contributed by atoms with E-state index < -0.39 is 0 Å². The number of nitrogens with zero attached hydrogens (tertiary/aromatic N) is 1. The maximum Gasteiger partial charge on any atom is 0.265 e. The highest BCUT2D eigenvalue weighted by atomic mass is 127. The van der Waals surface area contributed by atoms with E-state index in [1.54, 1.807) is 7.05 Å². The third-order valence-electron chi connectivity index (χ3n) is 4.87. The van der Waals surface area contributed by atoms with Crippen LogP contribution in [0.1, 0.15) is 18.1 Å². The number of likely N-dealkylation sites (N-methyl/N-ethyl adjacent to an activating group) is 1. The van der Waals surface area contributed by atoms with E-state index in [1.165, 1.54) is 27.4 Å². The zero-order valence-electron chi connectivity index (χ0n) is 17.1. The number of fused-ring (bicyclic) bond motifs is 1. The van der Waals surface area contributed by atoms with Crippen molar-refractivity contribution in [3.05, 3.63) is 74.2 Å². The molecular weight excluding hydrogens is 541 g/mol. The highest BCUT2D eigenvalue weighted by Crippen LogP contribution is 2.38. The maximum absolute atomic E-state index is 12.3. The zero-order valence-corrected chi connectivity index (χ0v) is 20.8. The minimum atomic E-state index is -0.0840. The fraction of sp³-hybridized carbons (Fsp3) is 0.167. The number of hydrogen-bond donors (Lipinski definition) is 0. The van der Waals surface area contributed by atoms with Crippen molar-refractivity contribution in [3.8, 4) is 11.5 Å². The number of ether oxygens (including phenoxy) is 2. The molecule has 0 atom stereocenters. The lowest BCUT2D eigenvalue weighted by Gasteiger charge is -2.16. The van der Waals surface area contributed by atoms with Gasteiger partial charge in [0.25, 0.3) is 5.91 Å². The van der Waals surface area contributed by atoms with Crippen molar-refractivity contribution in [1.82, 2.24) is 4.90 Å². The monoisotopic (exact) mass is 561 g/mol. The molecule has 0 spiro atoms. The van der Waals surface area contributed by atoms with E-state index in [0.29, 0.717) is 33.9 Å². The van der Waals surface area contributed by atoms with Crippen LogP contribution in [0.25, 0.3) is 16.8 Å². The summed E-state index contributed by atoms with van der Waals surface area (Å²) in [6.45, 7) is 2.89. The standard InChI is InChI=1S/C24H20INO3S2/c1-3-28-20-12-15(13-21-23(27)26(2)24(30)31-21)11-19(25)22(20)29-14-17-9-6-8-16-7-4-5-10-18(16)17/h4-13H,3,14H2,1-2H3/b21-13-. The molecule has 1 amide bonds. The van der Waals surface area contributed by atoms with Crippen molar-refractivity contribution in [1.29, 1.82) is 0 Å². The van der Waals surface area contributed by atoms with Crippen molar-refractivity contribution >= 4 is 73.6 Å². The van der Waals surface area contributed by atoms with Gasteiger partial charge < -0.3 is 9.47 Å². The first-order valence-electron chi connectivity index (χ1n) is 9.75. The van der Waals surface area contributed by atoms with Crippen LogP contribution in [-0.4, -0.2) is 28.8 Å². The minimum absolute atomic E-state index is 0.0840. The predicted molar refractivity (Wildman–Crippen MR) is 140 cm³/mol. The van der Waals surface area contributed by atoms with Crippen LogP contribution in [0.4, 0.5) is 0 Å². The smallest absolute Gasteiger partial charge is 0.265 e. The first kappa shape index (κ1) is 22.1. The van der Waals surface area contributed by atoms with Crippen LogP contribution in [0.3, 0.4) is 0 Å². The molecule has 4 nitrogen and oxygen atoms in total. The van der Waals surface area contributed by atoms with Gasteiger partial charge in [0.15, 0.2) is 11.5 Å². The van der Waals surface area contributed by atoms with Crippen LogP contribution in [0.5, 0.6) is 11.5 Å². The maximum atomic E-state index is 12.3. The van der Waals surface area contributed by atoms with Crippen LogP contribution in [0.15, 0.2) is 59.5 Å². The van der Waals surface area contributed by atoms with Crippen molar-refractivity contribution in [3.63, 3.8) is 0 Å². The Morgan fingerprint density at radius 3 is 2.65 bits per heavy atom. The highest BCUT2D eigenvalue weighted by molar-refractivity contribution is 14.1. The summed E-state index contributed by atoms with van der Waals surface area (Å²) in [6.07, 6.45) is 1.85. The Labute approximate surface area is 204 Å². The van der Waals surface area contributed by atoms with Crippen molar-refractivity contribution in [2.75, 3.05) is 13.7 Å². The summed E-state index contributed by atoms with van der Waals surface area (Å²) in [5.74, 6) is 1.28. The third-order valence-corrected chi connectivity index (χ3v) is 7.15. The fourth-order valence-electron chi connectivity index (χ4n) is 3.34. The summed E-state index contributed by atoms with van der Waals surface area (Å²) in [7, 11) is 1.69. The van der Waals surface area contributed by atoms with Gasteiger partial charge in [-0.25, -0.2) is 0 Å². The second-order valence-electron chi connectivity index (χ2n) is 6.93. The van der Waals surface area contributed by atoms with E-state index in [4.69, 9.17) is 21.7 Å². The fourth-order valence-corrected chi connectivity index (χ4v) is 5.30. The molecule has 1 heterocycles. The number of thioether (sulfide) groups is 1. The van der Waals surface area contributed by atoms with Gasteiger partial charge >= 0.3 is 0 Å². The average molecular weight is 561 g/mol. The van der Waals surface area contributed by atoms with Gasteiger partial charge in [-0.1, -0.05) is 66.4 Å². The minimum Gasteiger partial charge on any atom is -0.490 e. The first-order valence-corrected chi connectivity index (χ1v) is 12.1. The Kier molecular flexibility index (Phi) is 6.83. The second-order valence-corrected chi connectivity index (χ2v) is 9.77. The molecule has 0 radical (unpaired) electrons. The van der Waals surface area contributed by atoms with Crippen LogP contribution < -0.4 is 9.47 Å². The Morgan fingerprint density at radius 2 is 1.90 bits per heavy atom. The van der Waals surface area contributed by atoms with Gasteiger partial charge in [0, 0.05) is 7.05 Å². The summed E-state index contributed by atoms with van der Waals surface area (Å²) in [5.41, 5.74) is 1.99. The van der Waals surface area contributed by atoms with Gasteiger partial charge in [0.1, 0.15) is 10.9 Å². The van der Waals surface area contributed by atoms with Gasteiger partial charge in [0.2, 0.25) is 0 Å². The normalized spacial score (nSPS) is 15.2. The van der Waals surface area contributed by atoms with Crippen molar-refractivity contribution in [2.24, 2.45) is 0 Å². The molecule has 0 saturated carbocycles. The molecule has 158 valence electrons. The Bertz CT molecular complexity index is 1200. The van der Waals surface area contributed by atoms with Crippen molar-refractivity contribution < 1.29 is 14.3 Å². The van der Waals surface area contributed by atoms with Gasteiger partial charge in [0.05, 0.1) is 15.1 Å². The molecule has 3 aromatic carbocycles. The third kappa shape index (κ3) is 4.73. The van der Waals surface area contributed by atoms with Crippen LogP contribution >= 0.6 is 46.6 Å². The zero-order chi connectivity index (χ0) is 22.0. The van der Waals surface area contributed by atoms with Gasteiger partial charge in [-0.2, -0.15) is 0 Å². The van der Waals surface area contributed by atoms with E-state index in [1.807, 2.05) is 43.3 Å². The number of hydrogen-bond acceptors (Lipinski definition) is 5. The largest absolute Gasteiger partial charge is 0.490 e. The molecule has 0 unspecified atom stereocenters. The van der Waals surface area contributed by atoms with E-state index >= 15 is 0 Å². The van der Waals surface area contributed by atoms with Crippen LogP contribution in [0, 0.1) is 3.57 Å². The topological polar surface area (TPSA) is 38.8 Å². The molecule has 1 aliphatic heterocycles. The summed E-state index contributed by atoms with van der Waals surface area (Å²) in [6, 6.07) is 18.4. The molecule has 0 N–H and O–H groups in total. The molecule has 0 aliphatic carbocycles. The number of halogens is 1. The lowest BCUT2D eigenvalue weighted by molar-refractivity contribution is -0.121. The molecule has 3 aromatic rings. The van der Waals surface area contributed by atoms with Gasteiger partial charge in [-0.05, 0) is 69.6 Å². The summed E-state index contributed by atoms with van der Waals surface area (Å²) in [4.78, 5) is 14.4. The lowest BCUT2D eigenvalue weighted by atomic mass is 10.1. The summed E-state index contributed by atoms with van der Waals surface area (Å²) in [5, 5.41) is 2.36. The van der Waals surface area contributed by atoms with E-state index in [-0.39, 0.29) is 5.91 Å². The average Bonchev–Trinajstić information content (AvgIpc) is 3.00. The number of carbonyl (C=O) groups excluding carboxylic acids is 1. The summed E-state index contributed by atoms with van der Waals surface area (Å²) < 4.78 is 13.6. The molecular formula is C24H20INO3S2. The molecule has 7 heteroatoms. The Balaban J connectivity index is 1.64. The highest BCUT2D eigenvalue weighted by Gasteiger charge is 2.28.